The molecule has 0 aromatic heterocycles. The van der Waals surface area contributed by atoms with E-state index < -0.39 is 0 Å². The summed E-state index contributed by atoms with van der Waals surface area (Å²) in [7, 11) is 0. The molecule has 1 N–H and O–H groups in total. The number of aryl methyl sites for hydroxylation is 1. The molecule has 0 bridgehead atoms. The Morgan fingerprint density at radius 1 is 1.13 bits per heavy atom. The van der Waals surface area contributed by atoms with Gasteiger partial charge in [0.25, 0.3) is 0 Å². The van der Waals surface area contributed by atoms with Gasteiger partial charge >= 0.3 is 0 Å². The van der Waals surface area contributed by atoms with E-state index in [0.29, 0.717) is 5.75 Å². The van der Waals surface area contributed by atoms with Gasteiger partial charge in [-0.2, -0.15) is 0 Å². The molecule has 0 spiro atoms. The highest BCUT2D eigenvalue weighted by Gasteiger charge is 2.26. The van der Waals surface area contributed by atoms with Crippen molar-refractivity contribution in [1.82, 2.24) is 0 Å². The third kappa shape index (κ3) is 3.44. The number of nitrogens with zero attached hydrogens (tertiary/aromatic N) is 1. The van der Waals surface area contributed by atoms with Crippen LogP contribution < -0.4 is 9.64 Å². The Morgan fingerprint density at radius 2 is 1.91 bits per heavy atom. The van der Waals surface area contributed by atoms with Crippen LogP contribution in [0, 0.1) is 0 Å². The van der Waals surface area contributed by atoms with Crippen molar-refractivity contribution in [3.05, 3.63) is 53.6 Å². The molecule has 1 heterocycles. The molecule has 0 aliphatic carbocycles. The van der Waals surface area contributed by atoms with Gasteiger partial charge in [-0.15, -0.1) is 0 Å². The minimum Gasteiger partial charge on any atom is -0.508 e. The first kappa shape index (κ1) is 15.7. The van der Waals surface area contributed by atoms with Crippen molar-refractivity contribution in [3.8, 4) is 11.5 Å². The number of phenols is 1. The lowest BCUT2D eigenvalue weighted by Gasteiger charge is -2.36. The summed E-state index contributed by atoms with van der Waals surface area (Å²) in [5.74, 6) is 1.17. The van der Waals surface area contributed by atoms with Crippen LogP contribution in [0.25, 0.3) is 0 Å². The molecule has 1 atom stereocenters. The number of hydrogen-bond donors (Lipinski definition) is 1. The lowest BCUT2D eigenvalue weighted by atomic mass is 9.98. The van der Waals surface area contributed by atoms with E-state index >= 15 is 0 Å². The summed E-state index contributed by atoms with van der Waals surface area (Å²) < 4.78 is 6.21. The van der Waals surface area contributed by atoms with Crippen molar-refractivity contribution in [3.63, 3.8) is 0 Å². The number of phenolic OH excluding ortho intramolecular Hbond substituents is 1. The molecule has 2 aromatic carbocycles. The van der Waals surface area contributed by atoms with Crippen molar-refractivity contribution in [1.29, 1.82) is 0 Å². The average Bonchev–Trinajstić information content (AvgIpc) is 2.56. The lowest BCUT2D eigenvalue weighted by Crippen LogP contribution is -2.41. The highest BCUT2D eigenvalue weighted by Crippen LogP contribution is 2.37. The van der Waals surface area contributed by atoms with Crippen LogP contribution in [0.4, 0.5) is 5.69 Å². The summed E-state index contributed by atoms with van der Waals surface area (Å²) in [6.45, 7) is 6.22. The molecule has 0 saturated heterocycles. The number of anilines is 1. The number of aromatic hydroxyl groups is 1. The second-order valence-electron chi connectivity index (χ2n) is 6.16. The van der Waals surface area contributed by atoms with Gasteiger partial charge in [0.2, 0.25) is 0 Å². The van der Waals surface area contributed by atoms with E-state index in [-0.39, 0.29) is 6.10 Å². The first-order valence-corrected chi connectivity index (χ1v) is 8.52. The van der Waals surface area contributed by atoms with Crippen molar-refractivity contribution < 1.29 is 9.84 Å². The number of hydrogen-bond acceptors (Lipinski definition) is 3. The smallest absolute Gasteiger partial charge is 0.143 e. The predicted octanol–water partition coefficient (Wildman–Crippen LogP) is 4.17. The maximum atomic E-state index is 9.76. The van der Waals surface area contributed by atoms with Crippen LogP contribution in [0.15, 0.2) is 42.5 Å². The van der Waals surface area contributed by atoms with Crippen LogP contribution in [0.1, 0.15) is 31.4 Å². The third-order valence-corrected chi connectivity index (χ3v) is 4.44. The fraction of sp³-hybridized carbons (Fsp3) is 0.400. The average molecular weight is 311 g/mol. The molecule has 0 radical (unpaired) electrons. The van der Waals surface area contributed by atoms with E-state index in [9.17, 15) is 5.11 Å². The Balaban J connectivity index is 1.84. The summed E-state index contributed by atoms with van der Waals surface area (Å²) >= 11 is 0. The molecule has 1 aliphatic heterocycles. The zero-order valence-electron chi connectivity index (χ0n) is 14.0. The monoisotopic (exact) mass is 311 g/mol. The predicted molar refractivity (Wildman–Crippen MR) is 94.6 cm³/mol. The Labute approximate surface area is 138 Å². The second-order valence-corrected chi connectivity index (χ2v) is 6.16. The molecular weight excluding hydrogens is 286 g/mol. The van der Waals surface area contributed by atoms with E-state index in [1.807, 2.05) is 6.07 Å². The quantitative estimate of drug-likeness (QED) is 0.899. The van der Waals surface area contributed by atoms with Gasteiger partial charge in [0, 0.05) is 19.0 Å². The van der Waals surface area contributed by atoms with Gasteiger partial charge in [0.15, 0.2) is 0 Å². The van der Waals surface area contributed by atoms with E-state index in [0.717, 1.165) is 43.8 Å². The minimum absolute atomic E-state index is 0.145. The fourth-order valence-electron chi connectivity index (χ4n) is 3.35. The standard InChI is InChI=1S/C20H25NO2/c1-3-11-21-14-18(12-16-8-6-5-7-15(16)4-2)23-20-10-9-17(22)13-19(20)21/h5-10,13,18,22H,3-4,11-12,14H2,1-2H3. The van der Waals surface area contributed by atoms with Crippen LogP contribution in [0.2, 0.25) is 0 Å². The Bertz CT molecular complexity index is 668. The molecule has 0 fully saturated rings. The molecule has 0 saturated carbocycles. The second kappa shape index (κ2) is 6.95. The number of ether oxygens (including phenoxy) is 1. The van der Waals surface area contributed by atoms with E-state index in [1.54, 1.807) is 12.1 Å². The van der Waals surface area contributed by atoms with Gasteiger partial charge in [-0.25, -0.2) is 0 Å². The lowest BCUT2D eigenvalue weighted by molar-refractivity contribution is 0.193. The van der Waals surface area contributed by atoms with E-state index in [2.05, 4.69) is 43.0 Å². The molecule has 23 heavy (non-hydrogen) atoms. The van der Waals surface area contributed by atoms with Crippen LogP contribution in [0.3, 0.4) is 0 Å². The highest BCUT2D eigenvalue weighted by atomic mass is 16.5. The van der Waals surface area contributed by atoms with Gasteiger partial charge < -0.3 is 14.7 Å². The Hall–Kier alpha value is -2.16. The minimum atomic E-state index is 0.145. The zero-order chi connectivity index (χ0) is 16.2. The van der Waals surface area contributed by atoms with Crippen LogP contribution >= 0.6 is 0 Å². The summed E-state index contributed by atoms with van der Waals surface area (Å²) in [6.07, 6.45) is 3.19. The molecule has 1 aliphatic rings. The van der Waals surface area contributed by atoms with Gasteiger partial charge in [-0.3, -0.25) is 0 Å². The van der Waals surface area contributed by atoms with Crippen molar-refractivity contribution in [2.45, 2.75) is 39.2 Å². The molecule has 2 aromatic rings. The van der Waals surface area contributed by atoms with Crippen molar-refractivity contribution >= 4 is 5.69 Å². The normalized spacial score (nSPS) is 16.8. The maximum Gasteiger partial charge on any atom is 0.143 e. The molecule has 0 amide bonds. The molecular formula is C20H25NO2. The van der Waals surface area contributed by atoms with Gasteiger partial charge in [0.05, 0.1) is 12.2 Å². The molecule has 122 valence electrons. The van der Waals surface area contributed by atoms with Crippen LogP contribution in [0.5, 0.6) is 11.5 Å². The molecule has 3 rings (SSSR count). The third-order valence-electron chi connectivity index (χ3n) is 4.44. The van der Waals surface area contributed by atoms with Gasteiger partial charge in [0.1, 0.15) is 17.6 Å². The zero-order valence-corrected chi connectivity index (χ0v) is 14.0. The highest BCUT2D eigenvalue weighted by molar-refractivity contribution is 5.63. The van der Waals surface area contributed by atoms with Gasteiger partial charge in [-0.1, -0.05) is 38.1 Å². The first-order chi connectivity index (χ1) is 11.2. The van der Waals surface area contributed by atoms with Crippen molar-refractivity contribution in [2.75, 3.05) is 18.0 Å². The molecule has 1 unspecified atom stereocenters. The number of benzene rings is 2. The summed E-state index contributed by atoms with van der Waals surface area (Å²) in [6, 6.07) is 14.0. The fourth-order valence-corrected chi connectivity index (χ4v) is 3.35. The largest absolute Gasteiger partial charge is 0.508 e. The topological polar surface area (TPSA) is 32.7 Å². The Morgan fingerprint density at radius 3 is 2.65 bits per heavy atom. The number of fused-ring (bicyclic) bond motifs is 1. The maximum absolute atomic E-state index is 9.76. The van der Waals surface area contributed by atoms with E-state index in [4.69, 9.17) is 4.74 Å². The van der Waals surface area contributed by atoms with Crippen LogP contribution in [-0.4, -0.2) is 24.3 Å². The number of rotatable bonds is 5. The molecule has 3 heteroatoms. The van der Waals surface area contributed by atoms with Gasteiger partial charge in [-0.05, 0) is 36.1 Å². The summed E-state index contributed by atoms with van der Waals surface area (Å²) in [4.78, 5) is 2.33. The van der Waals surface area contributed by atoms with Crippen molar-refractivity contribution in [2.24, 2.45) is 0 Å². The Kier molecular flexibility index (Phi) is 4.75. The summed E-state index contributed by atoms with van der Waals surface area (Å²) in [5, 5.41) is 9.76. The first-order valence-electron chi connectivity index (χ1n) is 8.52. The SMILES string of the molecule is CCCN1CC(Cc2ccccc2CC)Oc2ccc(O)cc21. The van der Waals surface area contributed by atoms with E-state index in [1.165, 1.54) is 11.1 Å². The molecule has 3 nitrogen and oxygen atoms in total. The summed E-state index contributed by atoms with van der Waals surface area (Å²) in [5.41, 5.74) is 3.78. The van der Waals surface area contributed by atoms with Crippen LogP contribution in [-0.2, 0) is 12.8 Å².